The van der Waals surface area contributed by atoms with Gasteiger partial charge in [0.1, 0.15) is 16.2 Å². The fourth-order valence-corrected chi connectivity index (χ4v) is 6.29. The summed E-state index contributed by atoms with van der Waals surface area (Å²) in [6, 6.07) is 7.97. The number of para-hydroxylation sites is 2. The number of hydrogen-bond acceptors (Lipinski definition) is 8. The highest BCUT2D eigenvalue weighted by molar-refractivity contribution is 7.91. The Bertz CT molecular complexity index is 1390. The molecule has 0 amide bonds. The van der Waals surface area contributed by atoms with Gasteiger partial charge in [0.15, 0.2) is 15.7 Å². The summed E-state index contributed by atoms with van der Waals surface area (Å²) in [5, 5.41) is 1.67. The molecule has 4 heterocycles. The normalized spacial score (nSPS) is 17.6. The highest BCUT2D eigenvalue weighted by atomic mass is 32.2. The van der Waals surface area contributed by atoms with Gasteiger partial charge in [0.05, 0.1) is 35.0 Å². The number of sulfone groups is 1. The fraction of sp³-hybridized carbons (Fsp3) is 0.381. The molecule has 3 aromatic heterocycles. The zero-order valence-corrected chi connectivity index (χ0v) is 19.2. The van der Waals surface area contributed by atoms with E-state index in [0.717, 1.165) is 27.4 Å². The summed E-state index contributed by atoms with van der Waals surface area (Å²) in [7, 11) is -3.44. The molecular formula is C21H23N5O3S2. The Labute approximate surface area is 184 Å². The number of nitrogens with zero attached hydrogens (tertiary/aromatic N) is 5. The van der Waals surface area contributed by atoms with Crippen LogP contribution in [-0.2, 0) is 21.0 Å². The average Bonchev–Trinajstić information content (AvgIpc) is 3.34. The van der Waals surface area contributed by atoms with Gasteiger partial charge in [0, 0.05) is 24.6 Å². The van der Waals surface area contributed by atoms with Gasteiger partial charge in [0.25, 0.3) is 0 Å². The first-order valence-electron chi connectivity index (χ1n) is 10.2. The lowest BCUT2D eigenvalue weighted by molar-refractivity contribution is 0.0987. The number of ether oxygens (including phenoxy) is 1. The van der Waals surface area contributed by atoms with Crippen LogP contribution in [0.2, 0.25) is 0 Å². The van der Waals surface area contributed by atoms with E-state index in [1.54, 1.807) is 5.38 Å². The Morgan fingerprint density at radius 1 is 1.23 bits per heavy atom. The van der Waals surface area contributed by atoms with Crippen LogP contribution in [0.5, 0.6) is 0 Å². The smallest absolute Gasteiger partial charge is 0.238 e. The van der Waals surface area contributed by atoms with Gasteiger partial charge in [-0.25, -0.2) is 18.4 Å². The summed E-state index contributed by atoms with van der Waals surface area (Å²) in [6.45, 7) is 6.00. The van der Waals surface area contributed by atoms with Crippen molar-refractivity contribution in [2.45, 2.75) is 31.2 Å². The number of morpholine rings is 1. The number of anilines is 1. The summed E-state index contributed by atoms with van der Waals surface area (Å²) in [6.07, 6.45) is 1.92. The quantitative estimate of drug-likeness (QED) is 0.465. The third-order valence-corrected chi connectivity index (χ3v) is 7.76. The van der Waals surface area contributed by atoms with Crippen molar-refractivity contribution >= 4 is 48.2 Å². The van der Waals surface area contributed by atoms with Crippen molar-refractivity contribution in [2.24, 2.45) is 0 Å². The third-order valence-electron chi connectivity index (χ3n) is 5.54. The summed E-state index contributed by atoms with van der Waals surface area (Å²) >= 11 is 1.37. The van der Waals surface area contributed by atoms with E-state index in [0.29, 0.717) is 37.6 Å². The molecule has 0 bridgehead atoms. The second-order valence-corrected chi connectivity index (χ2v) is 10.6. The lowest BCUT2D eigenvalue weighted by Gasteiger charge is -2.34. The molecule has 0 unspecified atom stereocenters. The zero-order chi connectivity index (χ0) is 21.8. The molecule has 8 nitrogen and oxygen atoms in total. The summed E-state index contributed by atoms with van der Waals surface area (Å²) in [5.74, 6) is 2.02. The predicted molar refractivity (Wildman–Crippen MR) is 122 cm³/mol. The number of fused-ring (bicyclic) bond motifs is 2. The number of thiophene rings is 1. The molecule has 1 saturated heterocycles. The lowest BCUT2D eigenvalue weighted by atomic mass is 10.2. The summed E-state index contributed by atoms with van der Waals surface area (Å²) in [4.78, 5) is 16.9. The molecule has 4 aromatic rings. The van der Waals surface area contributed by atoms with Crippen molar-refractivity contribution < 1.29 is 13.2 Å². The standard InChI is InChI=1S/C21H23N5O3S2/c1-4-17-22-14-7-5-6-8-15(14)26(17)21-23-18-16(31(3,27)28)12-30-19(18)20(24-21)25-9-10-29-11-13(25)2/h5-8,12-13H,4,9-11H2,1-3H3/t13-/m1/s1. The van der Waals surface area contributed by atoms with E-state index >= 15 is 0 Å². The van der Waals surface area contributed by atoms with E-state index in [4.69, 9.17) is 19.7 Å². The molecular weight excluding hydrogens is 434 g/mol. The van der Waals surface area contributed by atoms with E-state index in [9.17, 15) is 8.42 Å². The molecule has 0 radical (unpaired) electrons. The first-order chi connectivity index (χ1) is 14.9. The molecule has 5 rings (SSSR count). The predicted octanol–water partition coefficient (Wildman–Crippen LogP) is 3.22. The summed E-state index contributed by atoms with van der Waals surface area (Å²) < 4.78 is 33.3. The van der Waals surface area contributed by atoms with E-state index in [1.807, 2.05) is 35.8 Å². The topological polar surface area (TPSA) is 90.2 Å². The highest BCUT2D eigenvalue weighted by Gasteiger charge is 2.28. The van der Waals surface area contributed by atoms with Gasteiger partial charge >= 0.3 is 0 Å². The van der Waals surface area contributed by atoms with Crippen LogP contribution < -0.4 is 4.90 Å². The molecule has 0 spiro atoms. The van der Waals surface area contributed by atoms with Crippen molar-refractivity contribution in [3.05, 3.63) is 35.5 Å². The number of aryl methyl sites for hydroxylation is 1. The highest BCUT2D eigenvalue weighted by Crippen LogP contribution is 2.36. The third kappa shape index (κ3) is 3.38. The molecule has 1 aliphatic rings. The molecule has 1 aromatic carbocycles. The molecule has 0 aliphatic carbocycles. The van der Waals surface area contributed by atoms with Crippen LogP contribution in [0.3, 0.4) is 0 Å². The molecule has 1 fully saturated rings. The first-order valence-corrected chi connectivity index (χ1v) is 13.0. The molecule has 0 N–H and O–H groups in total. The second kappa shape index (κ2) is 7.54. The minimum atomic E-state index is -3.44. The van der Waals surface area contributed by atoms with Crippen molar-refractivity contribution in [1.29, 1.82) is 0 Å². The number of hydrogen-bond donors (Lipinski definition) is 0. The van der Waals surface area contributed by atoms with Crippen LogP contribution in [-0.4, -0.2) is 60.0 Å². The van der Waals surface area contributed by atoms with Crippen LogP contribution in [0, 0.1) is 0 Å². The van der Waals surface area contributed by atoms with Gasteiger partial charge < -0.3 is 9.64 Å². The maximum absolute atomic E-state index is 12.5. The monoisotopic (exact) mass is 457 g/mol. The van der Waals surface area contributed by atoms with Crippen molar-refractivity contribution in [3.8, 4) is 5.95 Å². The molecule has 10 heteroatoms. The Kier molecular flexibility index (Phi) is 4.95. The minimum Gasteiger partial charge on any atom is -0.377 e. The Morgan fingerprint density at radius 3 is 2.77 bits per heavy atom. The zero-order valence-electron chi connectivity index (χ0n) is 17.6. The van der Waals surface area contributed by atoms with Gasteiger partial charge in [-0.05, 0) is 19.1 Å². The maximum Gasteiger partial charge on any atom is 0.238 e. The van der Waals surface area contributed by atoms with Gasteiger partial charge in [-0.3, -0.25) is 4.57 Å². The minimum absolute atomic E-state index is 0.119. The van der Waals surface area contributed by atoms with Crippen LogP contribution in [0.25, 0.3) is 27.2 Å². The maximum atomic E-state index is 12.5. The van der Waals surface area contributed by atoms with Crippen LogP contribution >= 0.6 is 11.3 Å². The van der Waals surface area contributed by atoms with E-state index in [1.165, 1.54) is 17.6 Å². The van der Waals surface area contributed by atoms with Crippen molar-refractivity contribution in [3.63, 3.8) is 0 Å². The number of rotatable bonds is 4. The molecule has 31 heavy (non-hydrogen) atoms. The Morgan fingerprint density at radius 2 is 2.03 bits per heavy atom. The van der Waals surface area contributed by atoms with Crippen molar-refractivity contribution in [1.82, 2.24) is 19.5 Å². The van der Waals surface area contributed by atoms with Crippen molar-refractivity contribution in [2.75, 3.05) is 30.9 Å². The number of imidazole rings is 1. The van der Waals surface area contributed by atoms with Crippen LogP contribution in [0.1, 0.15) is 19.7 Å². The number of aromatic nitrogens is 4. The van der Waals surface area contributed by atoms with E-state index < -0.39 is 9.84 Å². The van der Waals surface area contributed by atoms with Gasteiger partial charge in [0.2, 0.25) is 5.95 Å². The summed E-state index contributed by atoms with van der Waals surface area (Å²) in [5.41, 5.74) is 2.22. The van der Waals surface area contributed by atoms with Crippen LogP contribution in [0.15, 0.2) is 34.5 Å². The van der Waals surface area contributed by atoms with E-state index in [2.05, 4.69) is 11.8 Å². The lowest BCUT2D eigenvalue weighted by Crippen LogP contribution is -2.44. The Balaban J connectivity index is 1.84. The Hall–Kier alpha value is -2.56. The van der Waals surface area contributed by atoms with Gasteiger partial charge in [-0.2, -0.15) is 4.98 Å². The molecule has 162 valence electrons. The second-order valence-electron chi connectivity index (χ2n) is 7.72. The number of benzene rings is 1. The van der Waals surface area contributed by atoms with Gasteiger partial charge in [-0.15, -0.1) is 11.3 Å². The fourth-order valence-electron chi connectivity index (χ4n) is 4.01. The largest absolute Gasteiger partial charge is 0.377 e. The molecule has 1 atom stereocenters. The molecule has 0 saturated carbocycles. The van der Waals surface area contributed by atoms with Crippen LogP contribution in [0.4, 0.5) is 5.82 Å². The first kappa shape index (κ1) is 20.3. The molecule has 1 aliphatic heterocycles. The van der Waals surface area contributed by atoms with E-state index in [-0.39, 0.29) is 10.9 Å². The average molecular weight is 458 g/mol. The van der Waals surface area contributed by atoms with Gasteiger partial charge in [-0.1, -0.05) is 19.1 Å². The SMILES string of the molecule is CCc1nc2ccccc2n1-c1nc(N2CCOC[C@H]2C)c2scc(S(C)(=O)=O)c2n1.